The van der Waals surface area contributed by atoms with Crippen LogP contribution in [0.5, 0.6) is 0 Å². The second-order valence-electron chi connectivity index (χ2n) is 6.80. The number of allylic oxidation sites excluding steroid dienone is 1. The Bertz CT molecular complexity index is 1040. The summed E-state index contributed by atoms with van der Waals surface area (Å²) in [5.41, 5.74) is 11.3. The summed E-state index contributed by atoms with van der Waals surface area (Å²) in [6.45, 7) is 6.25. The van der Waals surface area contributed by atoms with E-state index >= 15 is 0 Å². The van der Waals surface area contributed by atoms with Crippen LogP contribution in [0.15, 0.2) is 79.2 Å². The van der Waals surface area contributed by atoms with Crippen LogP contribution in [0.4, 0.5) is 17.3 Å². The minimum absolute atomic E-state index is 0.583. The molecule has 3 aromatic rings. The van der Waals surface area contributed by atoms with E-state index < -0.39 is 0 Å². The van der Waals surface area contributed by atoms with Gasteiger partial charge in [-0.2, -0.15) is 0 Å². The van der Waals surface area contributed by atoms with Crippen molar-refractivity contribution in [1.82, 2.24) is 15.0 Å². The lowest BCUT2D eigenvalue weighted by Gasteiger charge is -2.24. The average Bonchev–Trinajstić information content (AvgIpc) is 3.52. The maximum atomic E-state index is 6.30. The van der Waals surface area contributed by atoms with Crippen molar-refractivity contribution in [3.63, 3.8) is 0 Å². The molecule has 0 bridgehead atoms. The van der Waals surface area contributed by atoms with Crippen molar-refractivity contribution < 1.29 is 0 Å². The van der Waals surface area contributed by atoms with Gasteiger partial charge in [0, 0.05) is 18.0 Å². The Hall–Kier alpha value is -3.67. The smallest absolute Gasteiger partial charge is 0.162 e. The van der Waals surface area contributed by atoms with E-state index in [-0.39, 0.29) is 0 Å². The van der Waals surface area contributed by atoms with Crippen molar-refractivity contribution in [3.8, 4) is 11.3 Å². The van der Waals surface area contributed by atoms with Crippen LogP contribution in [-0.2, 0) is 0 Å². The molecule has 0 amide bonds. The highest BCUT2D eigenvalue weighted by Gasteiger charge is 2.19. The highest BCUT2D eigenvalue weighted by atomic mass is 15.3. The number of aromatic nitrogens is 3. The van der Waals surface area contributed by atoms with Crippen LogP contribution < -0.4 is 16.0 Å². The van der Waals surface area contributed by atoms with Crippen LogP contribution in [0.1, 0.15) is 18.4 Å². The SMILES string of the molecule is C=C(Nc1ccncn1)N(C=C1CC1)c1nc(-c2cccc(C)c2)ccc1N. The summed E-state index contributed by atoms with van der Waals surface area (Å²) in [5.74, 6) is 1.93. The number of nitrogen functional groups attached to an aromatic ring is 1. The molecule has 2 aromatic heterocycles. The number of nitrogens with one attached hydrogen (secondary N) is 1. The third-order valence-electron chi connectivity index (χ3n) is 4.44. The van der Waals surface area contributed by atoms with E-state index in [1.807, 2.05) is 29.2 Å². The standard InChI is InChI=1S/C22H22N6/c1-15-4-3-5-18(12-15)20-9-8-19(23)22(27-20)28(13-17-6-7-17)16(2)26-21-10-11-24-14-25-21/h3-5,8-14H,2,6-7,23H2,1H3,(H,24,25,26). The van der Waals surface area contributed by atoms with Gasteiger partial charge in [-0.05, 0) is 44.0 Å². The molecule has 4 rings (SSSR count). The first-order chi connectivity index (χ1) is 13.6. The maximum Gasteiger partial charge on any atom is 0.162 e. The molecule has 28 heavy (non-hydrogen) atoms. The van der Waals surface area contributed by atoms with Crippen LogP contribution in [-0.4, -0.2) is 15.0 Å². The summed E-state index contributed by atoms with van der Waals surface area (Å²) in [6, 6.07) is 13.9. The highest BCUT2D eigenvalue weighted by molar-refractivity contribution is 5.73. The summed E-state index contributed by atoms with van der Waals surface area (Å²) in [4.78, 5) is 14.9. The van der Waals surface area contributed by atoms with Crippen molar-refractivity contribution >= 4 is 17.3 Å². The van der Waals surface area contributed by atoms with Crippen LogP contribution in [0.3, 0.4) is 0 Å². The van der Waals surface area contributed by atoms with Gasteiger partial charge in [0.25, 0.3) is 0 Å². The van der Waals surface area contributed by atoms with Crippen molar-refractivity contribution in [3.05, 3.63) is 84.7 Å². The number of anilines is 3. The van der Waals surface area contributed by atoms with Crippen LogP contribution >= 0.6 is 0 Å². The summed E-state index contributed by atoms with van der Waals surface area (Å²) >= 11 is 0. The summed E-state index contributed by atoms with van der Waals surface area (Å²) in [5, 5.41) is 3.21. The zero-order valence-electron chi connectivity index (χ0n) is 15.8. The van der Waals surface area contributed by atoms with E-state index in [1.165, 1.54) is 17.5 Å². The van der Waals surface area contributed by atoms with Gasteiger partial charge in [0.1, 0.15) is 18.0 Å². The second-order valence-corrected chi connectivity index (χ2v) is 6.80. The lowest BCUT2D eigenvalue weighted by molar-refractivity contribution is 1.08. The van der Waals surface area contributed by atoms with E-state index in [4.69, 9.17) is 10.7 Å². The number of aryl methyl sites for hydroxylation is 1. The van der Waals surface area contributed by atoms with Gasteiger partial charge in [0.05, 0.1) is 11.4 Å². The number of hydrogen-bond acceptors (Lipinski definition) is 6. The molecular formula is C22H22N6. The van der Waals surface area contributed by atoms with E-state index in [0.717, 1.165) is 24.1 Å². The zero-order valence-corrected chi connectivity index (χ0v) is 15.8. The summed E-state index contributed by atoms with van der Waals surface area (Å²) < 4.78 is 0. The molecular weight excluding hydrogens is 348 g/mol. The van der Waals surface area contributed by atoms with Gasteiger partial charge in [-0.1, -0.05) is 35.9 Å². The molecule has 1 aliphatic carbocycles. The number of nitrogens with two attached hydrogens (primary N) is 1. The molecule has 0 radical (unpaired) electrons. The van der Waals surface area contributed by atoms with Gasteiger partial charge >= 0.3 is 0 Å². The monoisotopic (exact) mass is 370 g/mol. The third-order valence-corrected chi connectivity index (χ3v) is 4.44. The number of rotatable bonds is 6. The molecule has 1 aliphatic rings. The lowest BCUT2D eigenvalue weighted by atomic mass is 10.1. The number of pyridine rings is 1. The molecule has 0 saturated heterocycles. The molecule has 6 nitrogen and oxygen atoms in total. The molecule has 0 atom stereocenters. The van der Waals surface area contributed by atoms with Gasteiger partial charge in [-0.3, -0.25) is 4.90 Å². The predicted molar refractivity (Wildman–Crippen MR) is 113 cm³/mol. The summed E-state index contributed by atoms with van der Waals surface area (Å²) in [7, 11) is 0. The molecule has 1 aromatic carbocycles. The number of nitrogens with zero attached hydrogens (tertiary/aromatic N) is 4. The Morgan fingerprint density at radius 2 is 2.07 bits per heavy atom. The Labute approximate surface area is 164 Å². The minimum Gasteiger partial charge on any atom is -0.396 e. The summed E-state index contributed by atoms with van der Waals surface area (Å²) in [6.07, 6.45) is 7.38. The predicted octanol–water partition coefficient (Wildman–Crippen LogP) is 4.50. The van der Waals surface area contributed by atoms with Gasteiger partial charge in [0.2, 0.25) is 0 Å². The van der Waals surface area contributed by atoms with Gasteiger partial charge in [0.15, 0.2) is 5.82 Å². The minimum atomic E-state index is 0.583. The molecule has 1 saturated carbocycles. The van der Waals surface area contributed by atoms with Gasteiger partial charge in [-0.15, -0.1) is 0 Å². The van der Waals surface area contributed by atoms with Gasteiger partial charge < -0.3 is 11.1 Å². The van der Waals surface area contributed by atoms with E-state index in [1.54, 1.807) is 12.3 Å². The average molecular weight is 370 g/mol. The van der Waals surface area contributed by atoms with Gasteiger partial charge in [-0.25, -0.2) is 15.0 Å². The molecule has 1 fully saturated rings. The topological polar surface area (TPSA) is 80.0 Å². The van der Waals surface area contributed by atoms with E-state index in [0.29, 0.717) is 23.1 Å². The fourth-order valence-electron chi connectivity index (χ4n) is 2.84. The Morgan fingerprint density at radius 1 is 1.21 bits per heavy atom. The van der Waals surface area contributed by atoms with Crippen molar-refractivity contribution in [1.29, 1.82) is 0 Å². The quantitative estimate of drug-likeness (QED) is 0.665. The fourth-order valence-corrected chi connectivity index (χ4v) is 2.84. The fraction of sp³-hybridized carbons (Fsp3) is 0.136. The Kier molecular flexibility index (Phi) is 4.76. The highest BCUT2D eigenvalue weighted by Crippen LogP contribution is 2.34. The van der Waals surface area contributed by atoms with E-state index in [2.05, 4.69) is 47.1 Å². The van der Waals surface area contributed by atoms with Crippen LogP contribution in [0.25, 0.3) is 11.3 Å². The first kappa shape index (κ1) is 17.7. The molecule has 3 N–H and O–H groups in total. The number of benzene rings is 1. The third kappa shape index (κ3) is 4.01. The molecule has 0 unspecified atom stereocenters. The Balaban J connectivity index is 1.71. The molecule has 6 heteroatoms. The largest absolute Gasteiger partial charge is 0.396 e. The first-order valence-corrected chi connectivity index (χ1v) is 9.14. The zero-order chi connectivity index (χ0) is 19.5. The first-order valence-electron chi connectivity index (χ1n) is 9.14. The molecule has 140 valence electrons. The molecule has 2 heterocycles. The molecule has 0 aliphatic heterocycles. The second kappa shape index (κ2) is 7.52. The van der Waals surface area contributed by atoms with Crippen molar-refractivity contribution in [2.45, 2.75) is 19.8 Å². The Morgan fingerprint density at radius 3 is 2.79 bits per heavy atom. The number of hydrogen-bond donors (Lipinski definition) is 2. The van der Waals surface area contributed by atoms with Crippen LogP contribution in [0, 0.1) is 6.92 Å². The van der Waals surface area contributed by atoms with E-state index in [9.17, 15) is 0 Å². The van der Waals surface area contributed by atoms with Crippen LogP contribution in [0.2, 0.25) is 0 Å². The normalized spacial score (nSPS) is 12.4. The maximum absolute atomic E-state index is 6.30. The van der Waals surface area contributed by atoms with Crippen molar-refractivity contribution in [2.24, 2.45) is 0 Å². The lowest BCUT2D eigenvalue weighted by Crippen LogP contribution is -2.23. The molecule has 0 spiro atoms. The van der Waals surface area contributed by atoms with Crippen molar-refractivity contribution in [2.75, 3.05) is 16.0 Å².